The molecule has 0 aromatic rings. The maximum atomic E-state index is 12.2. The SMILES string of the molecule is CCCCCCCCCCCCCCCCNC(=O)[C@H](CS)NC(=O)[C@@H](N)CCCN. The molecule has 31 heavy (non-hydrogen) atoms. The first kappa shape index (κ1) is 30.2. The predicted molar refractivity (Wildman–Crippen MR) is 135 cm³/mol. The Bertz CT molecular complexity index is 438. The van der Waals surface area contributed by atoms with E-state index in [0.29, 0.717) is 25.9 Å². The van der Waals surface area contributed by atoms with Crippen molar-refractivity contribution in [3.05, 3.63) is 0 Å². The first-order chi connectivity index (χ1) is 15.1. The lowest BCUT2D eigenvalue weighted by Crippen LogP contribution is -2.52. The van der Waals surface area contributed by atoms with Crippen molar-refractivity contribution in [2.45, 2.75) is 122 Å². The Labute approximate surface area is 196 Å². The van der Waals surface area contributed by atoms with Crippen molar-refractivity contribution in [1.29, 1.82) is 0 Å². The second-order valence-corrected chi connectivity index (χ2v) is 9.03. The Morgan fingerprint density at radius 1 is 0.774 bits per heavy atom. The van der Waals surface area contributed by atoms with Crippen molar-refractivity contribution in [2.24, 2.45) is 11.5 Å². The number of carbonyl (C=O) groups is 2. The van der Waals surface area contributed by atoms with Crippen LogP contribution in [0.2, 0.25) is 0 Å². The molecule has 0 radical (unpaired) electrons. The molecule has 0 fully saturated rings. The number of carbonyl (C=O) groups excluding carboxylic acids is 2. The lowest BCUT2D eigenvalue weighted by molar-refractivity contribution is -0.129. The molecule has 0 aliphatic heterocycles. The highest BCUT2D eigenvalue weighted by Crippen LogP contribution is 2.12. The van der Waals surface area contributed by atoms with Crippen LogP contribution in [-0.4, -0.2) is 42.7 Å². The maximum Gasteiger partial charge on any atom is 0.243 e. The molecule has 184 valence electrons. The second kappa shape index (κ2) is 22.4. The van der Waals surface area contributed by atoms with Crippen LogP contribution in [0.4, 0.5) is 0 Å². The third-order valence-corrected chi connectivity index (χ3v) is 6.07. The maximum absolute atomic E-state index is 12.2. The smallest absolute Gasteiger partial charge is 0.243 e. The number of hydrogen-bond acceptors (Lipinski definition) is 5. The average Bonchev–Trinajstić information content (AvgIpc) is 2.77. The summed E-state index contributed by atoms with van der Waals surface area (Å²) in [6.07, 6.45) is 19.6. The van der Waals surface area contributed by atoms with Crippen LogP contribution in [-0.2, 0) is 9.59 Å². The van der Waals surface area contributed by atoms with E-state index in [2.05, 4.69) is 30.2 Å². The number of thiol groups is 1. The van der Waals surface area contributed by atoms with Crippen LogP contribution in [0.25, 0.3) is 0 Å². The van der Waals surface area contributed by atoms with Crippen LogP contribution in [0.1, 0.15) is 110 Å². The summed E-state index contributed by atoms with van der Waals surface area (Å²) in [6, 6.07) is -1.28. The molecule has 7 heteroatoms. The summed E-state index contributed by atoms with van der Waals surface area (Å²) >= 11 is 4.18. The topological polar surface area (TPSA) is 110 Å². The van der Waals surface area contributed by atoms with Crippen molar-refractivity contribution in [3.8, 4) is 0 Å². The third-order valence-electron chi connectivity index (χ3n) is 5.70. The normalized spacial score (nSPS) is 13.0. The van der Waals surface area contributed by atoms with Gasteiger partial charge in [0.2, 0.25) is 11.8 Å². The third kappa shape index (κ3) is 18.5. The first-order valence-corrected chi connectivity index (χ1v) is 13.3. The zero-order valence-corrected chi connectivity index (χ0v) is 20.9. The summed E-state index contributed by atoms with van der Waals surface area (Å²) in [5.74, 6) is -0.261. The molecule has 0 aliphatic carbocycles. The van der Waals surface area contributed by atoms with Gasteiger partial charge in [0.25, 0.3) is 0 Å². The van der Waals surface area contributed by atoms with Gasteiger partial charge in [-0.2, -0.15) is 12.6 Å². The van der Waals surface area contributed by atoms with E-state index in [-0.39, 0.29) is 17.6 Å². The largest absolute Gasteiger partial charge is 0.354 e. The molecule has 0 saturated carbocycles. The van der Waals surface area contributed by atoms with Gasteiger partial charge in [-0.3, -0.25) is 9.59 Å². The zero-order valence-electron chi connectivity index (χ0n) is 20.0. The quantitative estimate of drug-likeness (QED) is 0.124. The fourth-order valence-electron chi connectivity index (χ4n) is 3.60. The van der Waals surface area contributed by atoms with Gasteiger partial charge in [-0.15, -0.1) is 0 Å². The molecule has 6 nitrogen and oxygen atoms in total. The molecule has 0 aliphatic rings. The first-order valence-electron chi connectivity index (χ1n) is 12.7. The van der Waals surface area contributed by atoms with Crippen LogP contribution in [0.5, 0.6) is 0 Å². The summed E-state index contributed by atoms with van der Waals surface area (Å²) < 4.78 is 0. The molecule has 0 aromatic heterocycles. The highest BCUT2D eigenvalue weighted by Gasteiger charge is 2.22. The fourth-order valence-corrected chi connectivity index (χ4v) is 3.85. The van der Waals surface area contributed by atoms with Gasteiger partial charge in [0.15, 0.2) is 0 Å². The summed E-state index contributed by atoms with van der Waals surface area (Å²) in [4.78, 5) is 24.3. The number of hydrogen-bond donors (Lipinski definition) is 5. The van der Waals surface area contributed by atoms with Gasteiger partial charge >= 0.3 is 0 Å². The van der Waals surface area contributed by atoms with E-state index in [1.54, 1.807) is 0 Å². The van der Waals surface area contributed by atoms with E-state index in [9.17, 15) is 9.59 Å². The Hall–Kier alpha value is -0.790. The predicted octanol–water partition coefficient (Wildman–Crippen LogP) is 4.06. The Morgan fingerprint density at radius 3 is 1.71 bits per heavy atom. The summed E-state index contributed by atoms with van der Waals surface area (Å²) in [5.41, 5.74) is 11.3. The molecule has 0 aromatic carbocycles. The van der Waals surface area contributed by atoms with Gasteiger partial charge in [0.1, 0.15) is 6.04 Å². The minimum Gasteiger partial charge on any atom is -0.354 e. The van der Waals surface area contributed by atoms with E-state index in [4.69, 9.17) is 11.5 Å². The molecule has 0 unspecified atom stereocenters. The highest BCUT2D eigenvalue weighted by molar-refractivity contribution is 7.80. The molecule has 0 spiro atoms. The van der Waals surface area contributed by atoms with Gasteiger partial charge in [-0.05, 0) is 25.8 Å². The average molecular weight is 459 g/mol. The highest BCUT2D eigenvalue weighted by atomic mass is 32.1. The standard InChI is InChI=1S/C24H50N4O2S/c1-2-3-4-5-6-7-8-9-10-11-12-13-14-15-19-27-24(30)22(20-31)28-23(29)21(26)17-16-18-25/h21-22,31H,2-20,25-26H2,1H3,(H,27,30)(H,28,29)/t21-,22-/m0/s1. The van der Waals surface area contributed by atoms with Crippen molar-refractivity contribution in [1.82, 2.24) is 10.6 Å². The number of nitrogens with one attached hydrogen (secondary N) is 2. The van der Waals surface area contributed by atoms with Gasteiger partial charge in [0, 0.05) is 12.3 Å². The number of amides is 2. The van der Waals surface area contributed by atoms with E-state index in [0.717, 1.165) is 12.8 Å². The van der Waals surface area contributed by atoms with Gasteiger partial charge in [0.05, 0.1) is 6.04 Å². The molecule has 0 rings (SSSR count). The van der Waals surface area contributed by atoms with Crippen molar-refractivity contribution in [2.75, 3.05) is 18.8 Å². The van der Waals surface area contributed by atoms with Crippen molar-refractivity contribution < 1.29 is 9.59 Å². The van der Waals surface area contributed by atoms with Crippen molar-refractivity contribution >= 4 is 24.4 Å². The monoisotopic (exact) mass is 458 g/mol. The summed E-state index contributed by atoms with van der Waals surface area (Å²) in [6.45, 7) is 3.40. The van der Waals surface area contributed by atoms with Gasteiger partial charge in [-0.1, -0.05) is 90.4 Å². The molecule has 0 bridgehead atoms. The molecule has 0 heterocycles. The lowest BCUT2D eigenvalue weighted by Gasteiger charge is -2.19. The lowest BCUT2D eigenvalue weighted by atomic mass is 10.0. The van der Waals surface area contributed by atoms with Gasteiger partial charge < -0.3 is 22.1 Å². The van der Waals surface area contributed by atoms with E-state index < -0.39 is 12.1 Å². The number of nitrogens with two attached hydrogens (primary N) is 2. The van der Waals surface area contributed by atoms with E-state index in [1.807, 2.05) is 0 Å². The Balaban J connectivity index is 3.59. The Kier molecular flexibility index (Phi) is 21.8. The zero-order chi connectivity index (χ0) is 23.2. The van der Waals surface area contributed by atoms with Crippen LogP contribution >= 0.6 is 12.6 Å². The molecule has 2 atom stereocenters. The summed E-state index contributed by atoms with van der Waals surface area (Å²) in [5, 5.41) is 5.59. The molecule has 0 saturated heterocycles. The number of unbranched alkanes of at least 4 members (excludes halogenated alkanes) is 13. The van der Waals surface area contributed by atoms with E-state index in [1.165, 1.54) is 77.0 Å². The van der Waals surface area contributed by atoms with Crippen molar-refractivity contribution in [3.63, 3.8) is 0 Å². The second-order valence-electron chi connectivity index (χ2n) is 8.67. The Morgan fingerprint density at radius 2 is 1.26 bits per heavy atom. The van der Waals surface area contributed by atoms with Crippen LogP contribution in [0.3, 0.4) is 0 Å². The molecular formula is C24H50N4O2S. The fraction of sp³-hybridized carbons (Fsp3) is 0.917. The molecule has 6 N–H and O–H groups in total. The minimum atomic E-state index is -0.647. The van der Waals surface area contributed by atoms with Crippen LogP contribution in [0, 0.1) is 0 Å². The minimum absolute atomic E-state index is 0.191. The number of rotatable bonds is 22. The van der Waals surface area contributed by atoms with Crippen LogP contribution < -0.4 is 22.1 Å². The summed E-state index contributed by atoms with van der Waals surface area (Å²) in [7, 11) is 0. The van der Waals surface area contributed by atoms with E-state index >= 15 is 0 Å². The molecule has 2 amide bonds. The molecular weight excluding hydrogens is 408 g/mol. The van der Waals surface area contributed by atoms with Gasteiger partial charge in [-0.25, -0.2) is 0 Å². The van der Waals surface area contributed by atoms with Crippen LogP contribution in [0.15, 0.2) is 0 Å².